The highest BCUT2D eigenvalue weighted by molar-refractivity contribution is 6.01. The van der Waals surface area contributed by atoms with Gasteiger partial charge in [-0.15, -0.1) is 0 Å². The van der Waals surface area contributed by atoms with E-state index in [1.807, 2.05) is 18.2 Å². The van der Waals surface area contributed by atoms with E-state index in [2.05, 4.69) is 10.3 Å². The van der Waals surface area contributed by atoms with Crippen LogP contribution in [0.25, 0.3) is 6.08 Å². The number of hydrogen-bond acceptors (Lipinski definition) is 3. The van der Waals surface area contributed by atoms with Crippen molar-refractivity contribution in [1.29, 1.82) is 0 Å². The lowest BCUT2D eigenvalue weighted by atomic mass is 10.2. The minimum absolute atomic E-state index is 0.0793. The number of halogens is 2. The molecule has 0 unspecified atom stereocenters. The second kappa shape index (κ2) is 8.71. The molecule has 2 aromatic carbocycles. The first kappa shape index (κ1) is 18.3. The van der Waals surface area contributed by atoms with Crippen molar-refractivity contribution in [1.82, 2.24) is 4.98 Å². The van der Waals surface area contributed by atoms with Crippen molar-refractivity contribution in [3.63, 3.8) is 0 Å². The van der Waals surface area contributed by atoms with E-state index in [-0.39, 0.29) is 5.69 Å². The third-order valence-corrected chi connectivity index (χ3v) is 3.61. The van der Waals surface area contributed by atoms with Gasteiger partial charge < -0.3 is 10.1 Å². The Hall–Kier alpha value is -3.54. The molecule has 0 atom stereocenters. The highest BCUT2D eigenvalue weighted by Crippen LogP contribution is 2.16. The molecule has 6 heteroatoms. The molecule has 1 heterocycles. The second-order valence-electron chi connectivity index (χ2n) is 5.63. The van der Waals surface area contributed by atoms with Crippen molar-refractivity contribution in [3.05, 3.63) is 95.8 Å². The van der Waals surface area contributed by atoms with Crippen LogP contribution in [-0.4, -0.2) is 10.9 Å². The Balaban J connectivity index is 1.54. The number of ether oxygens (including phenoxy) is 1. The fourth-order valence-electron chi connectivity index (χ4n) is 2.25. The van der Waals surface area contributed by atoms with Gasteiger partial charge in [0.25, 0.3) is 0 Å². The van der Waals surface area contributed by atoms with Crippen molar-refractivity contribution >= 4 is 17.7 Å². The molecule has 0 saturated carbocycles. The molecule has 0 radical (unpaired) electrons. The molecule has 1 amide bonds. The largest absolute Gasteiger partial charge is 0.487 e. The third kappa shape index (κ3) is 5.47. The smallest absolute Gasteiger partial charge is 0.248 e. The number of anilines is 1. The van der Waals surface area contributed by atoms with Crippen LogP contribution in [0.1, 0.15) is 11.3 Å². The second-order valence-corrected chi connectivity index (χ2v) is 5.63. The van der Waals surface area contributed by atoms with Crippen LogP contribution in [0.15, 0.2) is 72.9 Å². The maximum Gasteiger partial charge on any atom is 0.248 e. The number of benzene rings is 2. The maximum absolute atomic E-state index is 13.5. The number of rotatable bonds is 6. The zero-order chi connectivity index (χ0) is 19.1. The lowest BCUT2D eigenvalue weighted by molar-refractivity contribution is -0.111. The first-order chi connectivity index (χ1) is 13.1. The molecule has 4 nitrogen and oxygen atoms in total. The summed E-state index contributed by atoms with van der Waals surface area (Å²) in [6.07, 6.45) is 4.56. The third-order valence-electron chi connectivity index (χ3n) is 3.61. The summed E-state index contributed by atoms with van der Waals surface area (Å²) in [6, 6.07) is 15.7. The molecular formula is C21H16F2N2O2. The highest BCUT2D eigenvalue weighted by atomic mass is 19.1. The van der Waals surface area contributed by atoms with E-state index in [9.17, 15) is 13.6 Å². The molecule has 1 aromatic heterocycles. The van der Waals surface area contributed by atoms with Crippen LogP contribution in [0.3, 0.4) is 0 Å². The molecule has 0 bridgehead atoms. The summed E-state index contributed by atoms with van der Waals surface area (Å²) in [5.74, 6) is -1.37. The number of carbonyl (C=O) groups is 1. The molecule has 3 rings (SSSR count). The van der Waals surface area contributed by atoms with Crippen LogP contribution in [-0.2, 0) is 11.4 Å². The Morgan fingerprint density at radius 2 is 1.89 bits per heavy atom. The molecule has 0 fully saturated rings. The molecule has 3 aromatic rings. The minimum atomic E-state index is -0.828. The van der Waals surface area contributed by atoms with E-state index in [4.69, 9.17) is 4.74 Å². The summed E-state index contributed by atoms with van der Waals surface area (Å²) in [5, 5.41) is 2.36. The summed E-state index contributed by atoms with van der Waals surface area (Å²) in [7, 11) is 0. The number of carbonyl (C=O) groups excluding carboxylic acids is 1. The molecule has 0 spiro atoms. The van der Waals surface area contributed by atoms with Crippen molar-refractivity contribution in [2.45, 2.75) is 6.61 Å². The monoisotopic (exact) mass is 366 g/mol. The number of nitrogens with one attached hydrogen (secondary N) is 1. The Morgan fingerprint density at radius 3 is 2.59 bits per heavy atom. The maximum atomic E-state index is 13.5. The Labute approximate surface area is 155 Å². The number of pyridine rings is 1. The predicted molar refractivity (Wildman–Crippen MR) is 99.0 cm³/mol. The lowest BCUT2D eigenvalue weighted by Crippen LogP contribution is -2.09. The molecule has 0 aliphatic carbocycles. The van der Waals surface area contributed by atoms with Gasteiger partial charge in [-0.2, -0.15) is 0 Å². The van der Waals surface area contributed by atoms with Crippen LogP contribution in [0.2, 0.25) is 0 Å². The fraction of sp³-hybridized carbons (Fsp3) is 0.0476. The average Bonchev–Trinajstić information content (AvgIpc) is 2.68. The Morgan fingerprint density at radius 1 is 1.07 bits per heavy atom. The zero-order valence-corrected chi connectivity index (χ0v) is 14.2. The summed E-state index contributed by atoms with van der Waals surface area (Å²) >= 11 is 0. The summed E-state index contributed by atoms with van der Waals surface area (Å²) in [6.45, 7) is 0.363. The van der Waals surface area contributed by atoms with Crippen LogP contribution >= 0.6 is 0 Å². The molecule has 0 aliphatic rings. The van der Waals surface area contributed by atoms with Gasteiger partial charge >= 0.3 is 0 Å². The van der Waals surface area contributed by atoms with E-state index >= 15 is 0 Å². The lowest BCUT2D eigenvalue weighted by Gasteiger charge is -2.06. The Kier molecular flexibility index (Phi) is 5.89. The van der Waals surface area contributed by atoms with Gasteiger partial charge in [-0.05, 0) is 48.0 Å². The molecule has 0 saturated heterocycles. The van der Waals surface area contributed by atoms with Crippen LogP contribution < -0.4 is 10.1 Å². The number of aromatic nitrogens is 1. The zero-order valence-electron chi connectivity index (χ0n) is 14.2. The average molecular weight is 366 g/mol. The molecule has 1 N–H and O–H groups in total. The molecule has 27 heavy (non-hydrogen) atoms. The summed E-state index contributed by atoms with van der Waals surface area (Å²) < 4.78 is 32.0. The molecule has 0 aliphatic heterocycles. The van der Waals surface area contributed by atoms with Gasteiger partial charge in [-0.3, -0.25) is 9.78 Å². The number of nitrogens with zero attached hydrogens (tertiary/aromatic N) is 1. The van der Waals surface area contributed by atoms with E-state index in [0.717, 1.165) is 17.3 Å². The topological polar surface area (TPSA) is 51.2 Å². The van der Waals surface area contributed by atoms with Crippen molar-refractivity contribution in [2.24, 2.45) is 0 Å². The van der Waals surface area contributed by atoms with Gasteiger partial charge in [0.1, 0.15) is 24.0 Å². The van der Waals surface area contributed by atoms with E-state index < -0.39 is 17.5 Å². The van der Waals surface area contributed by atoms with Crippen molar-refractivity contribution < 1.29 is 18.3 Å². The van der Waals surface area contributed by atoms with Crippen LogP contribution in [0.4, 0.5) is 14.5 Å². The van der Waals surface area contributed by atoms with E-state index in [0.29, 0.717) is 18.4 Å². The standard InChI is InChI=1S/C21H16F2N2O2/c22-16-7-10-20(19(23)13-16)25-21(26)11-6-15-4-8-18(9-5-15)27-14-17-3-1-2-12-24-17/h1-13H,14H2,(H,25,26)/b11-6+. The van der Waals surface area contributed by atoms with Crippen molar-refractivity contribution in [3.8, 4) is 5.75 Å². The quantitative estimate of drug-likeness (QED) is 0.649. The molecule has 136 valence electrons. The molecular weight excluding hydrogens is 350 g/mol. The van der Waals surface area contributed by atoms with Gasteiger partial charge in [0.2, 0.25) is 5.91 Å². The SMILES string of the molecule is O=C(/C=C/c1ccc(OCc2ccccn2)cc1)Nc1ccc(F)cc1F. The van der Waals surface area contributed by atoms with Gasteiger partial charge in [-0.25, -0.2) is 8.78 Å². The first-order valence-corrected chi connectivity index (χ1v) is 8.17. The van der Waals surface area contributed by atoms with Gasteiger partial charge in [0.15, 0.2) is 0 Å². The van der Waals surface area contributed by atoms with Crippen LogP contribution in [0, 0.1) is 11.6 Å². The number of amides is 1. The predicted octanol–water partition coefficient (Wildman–Crippen LogP) is 4.59. The summed E-state index contributed by atoms with van der Waals surface area (Å²) in [5.41, 5.74) is 1.52. The van der Waals surface area contributed by atoms with Gasteiger partial charge in [0, 0.05) is 18.3 Å². The van der Waals surface area contributed by atoms with Gasteiger partial charge in [-0.1, -0.05) is 18.2 Å². The van der Waals surface area contributed by atoms with Gasteiger partial charge in [0.05, 0.1) is 11.4 Å². The van der Waals surface area contributed by atoms with E-state index in [1.54, 1.807) is 36.5 Å². The Bertz CT molecular complexity index is 942. The number of hydrogen-bond donors (Lipinski definition) is 1. The van der Waals surface area contributed by atoms with Crippen LogP contribution in [0.5, 0.6) is 5.75 Å². The van der Waals surface area contributed by atoms with E-state index in [1.165, 1.54) is 12.1 Å². The normalized spacial score (nSPS) is 10.7. The highest BCUT2D eigenvalue weighted by Gasteiger charge is 2.05. The minimum Gasteiger partial charge on any atom is -0.487 e. The fourth-order valence-corrected chi connectivity index (χ4v) is 2.25. The van der Waals surface area contributed by atoms with Crippen molar-refractivity contribution in [2.75, 3.05) is 5.32 Å². The summed E-state index contributed by atoms with van der Waals surface area (Å²) in [4.78, 5) is 16.0. The first-order valence-electron chi connectivity index (χ1n) is 8.17.